The van der Waals surface area contributed by atoms with E-state index >= 15 is 0 Å². The smallest absolute Gasteiger partial charge is 0.323 e. The highest BCUT2D eigenvalue weighted by Gasteiger charge is 2.17. The maximum absolute atomic E-state index is 11.3. The molecule has 0 aliphatic rings. The minimum atomic E-state index is -1.16. The Morgan fingerprint density at radius 1 is 1.11 bits per heavy atom. The molecule has 7 nitrogen and oxygen atoms in total. The lowest BCUT2D eigenvalue weighted by molar-refractivity contribution is -0.140. The number of benzene rings is 3. The van der Waals surface area contributed by atoms with Gasteiger partial charge in [0.2, 0.25) is 0 Å². The van der Waals surface area contributed by atoms with Crippen LogP contribution in [0, 0.1) is 11.3 Å². The van der Waals surface area contributed by atoms with Crippen molar-refractivity contribution in [1.82, 2.24) is 5.32 Å². The quantitative estimate of drug-likeness (QED) is 0.243. The van der Waals surface area contributed by atoms with Crippen molar-refractivity contribution >= 4 is 29.7 Å². The van der Waals surface area contributed by atoms with Gasteiger partial charge in [0.15, 0.2) is 0 Å². The number of ether oxygens (including phenoxy) is 2. The second kappa shape index (κ2) is 13.4. The summed E-state index contributed by atoms with van der Waals surface area (Å²) in [6, 6.07) is 20.0. The molecule has 0 radical (unpaired) electrons. The van der Waals surface area contributed by atoms with Gasteiger partial charge in [0.05, 0.1) is 23.8 Å². The van der Waals surface area contributed by atoms with E-state index in [0.29, 0.717) is 35.1 Å². The largest absolute Gasteiger partial charge is 0.490 e. The van der Waals surface area contributed by atoms with Crippen LogP contribution in [-0.4, -0.2) is 49.2 Å². The van der Waals surface area contributed by atoms with Gasteiger partial charge in [-0.1, -0.05) is 72.3 Å². The molecule has 3 aromatic carbocycles. The molecule has 36 heavy (non-hydrogen) atoms. The zero-order valence-electron chi connectivity index (χ0n) is 19.8. The fourth-order valence-electron chi connectivity index (χ4n) is 3.60. The predicted molar refractivity (Wildman–Crippen MR) is 140 cm³/mol. The first kappa shape index (κ1) is 26.9. The third kappa shape index (κ3) is 6.94. The number of carboxylic acid groups (broad SMARTS) is 1. The Hall–Kier alpha value is -3.67. The summed E-state index contributed by atoms with van der Waals surface area (Å²) < 4.78 is 10.8. The molecular formula is C28H27ClN2O5. The molecule has 3 N–H and O–H groups in total. The van der Waals surface area contributed by atoms with Gasteiger partial charge < -0.3 is 19.7 Å². The maximum Gasteiger partial charge on any atom is 0.323 e. The lowest BCUT2D eigenvalue weighted by Gasteiger charge is -2.16. The Labute approximate surface area is 215 Å². The van der Waals surface area contributed by atoms with Crippen molar-refractivity contribution in [2.75, 3.05) is 26.9 Å². The first-order valence-corrected chi connectivity index (χ1v) is 11.6. The van der Waals surface area contributed by atoms with Crippen molar-refractivity contribution in [3.63, 3.8) is 0 Å². The number of methoxy groups -OCH3 is 1. The van der Waals surface area contributed by atoms with Crippen molar-refractivity contribution in [2.45, 2.75) is 12.6 Å². The Morgan fingerprint density at radius 2 is 1.86 bits per heavy atom. The topological polar surface area (TPSA) is 112 Å². The van der Waals surface area contributed by atoms with E-state index < -0.39 is 18.6 Å². The van der Waals surface area contributed by atoms with Gasteiger partial charge in [0.25, 0.3) is 0 Å². The van der Waals surface area contributed by atoms with Crippen LogP contribution in [0.4, 0.5) is 0 Å². The number of rotatable bonds is 12. The number of carboxylic acids is 1. The van der Waals surface area contributed by atoms with E-state index in [0.717, 1.165) is 22.3 Å². The van der Waals surface area contributed by atoms with Crippen molar-refractivity contribution in [1.29, 1.82) is 5.26 Å². The van der Waals surface area contributed by atoms with Crippen LogP contribution < -0.4 is 10.1 Å². The Bertz CT molecular complexity index is 1250. The number of halogens is 1. The molecular weight excluding hydrogens is 480 g/mol. The molecule has 0 saturated carbocycles. The number of nitrogens with one attached hydrogen (secondary N) is 1. The Morgan fingerprint density at radius 3 is 2.53 bits per heavy atom. The van der Waals surface area contributed by atoms with Crippen LogP contribution in [0.5, 0.6) is 5.75 Å². The predicted octanol–water partition coefficient (Wildman–Crippen LogP) is 4.61. The van der Waals surface area contributed by atoms with E-state index in [-0.39, 0.29) is 6.54 Å². The molecule has 0 aliphatic heterocycles. The standard InChI is InChI=1S/C28H27ClN2O5/c1-35-12-13-36-27-15-21(22(14-25(27)29)17-31-26(18-32)28(33)34)11-10-20-8-5-9-23(24(20)16-30)19-6-3-2-4-7-19/h2-11,14-15,26,31-32H,12-13,17-18H2,1H3,(H,33,34)/b11-10+. The molecule has 0 saturated heterocycles. The van der Waals surface area contributed by atoms with E-state index in [1.165, 1.54) is 0 Å². The van der Waals surface area contributed by atoms with Crippen LogP contribution in [0.15, 0.2) is 60.7 Å². The van der Waals surface area contributed by atoms with Crippen molar-refractivity contribution in [3.8, 4) is 22.9 Å². The number of hydrogen-bond donors (Lipinski definition) is 3. The summed E-state index contributed by atoms with van der Waals surface area (Å²) in [6.45, 7) is 0.286. The summed E-state index contributed by atoms with van der Waals surface area (Å²) in [5, 5.41) is 31.7. The normalized spacial score (nSPS) is 11.8. The van der Waals surface area contributed by atoms with E-state index in [2.05, 4.69) is 11.4 Å². The molecule has 0 amide bonds. The average Bonchev–Trinajstić information content (AvgIpc) is 2.89. The summed E-state index contributed by atoms with van der Waals surface area (Å²) in [5.74, 6) is -0.704. The lowest BCUT2D eigenvalue weighted by Crippen LogP contribution is -2.39. The minimum absolute atomic E-state index is 0.143. The number of aliphatic hydroxyl groups is 1. The van der Waals surface area contributed by atoms with Crippen molar-refractivity contribution < 1.29 is 24.5 Å². The summed E-state index contributed by atoms with van der Waals surface area (Å²) in [4.78, 5) is 11.3. The monoisotopic (exact) mass is 506 g/mol. The first-order valence-electron chi connectivity index (χ1n) is 11.3. The zero-order valence-corrected chi connectivity index (χ0v) is 20.5. The molecule has 0 aliphatic carbocycles. The van der Waals surface area contributed by atoms with Crippen LogP contribution in [-0.2, 0) is 16.1 Å². The molecule has 0 fully saturated rings. The van der Waals surface area contributed by atoms with Gasteiger partial charge in [-0.25, -0.2) is 0 Å². The van der Waals surface area contributed by atoms with Crippen molar-refractivity contribution in [3.05, 3.63) is 87.9 Å². The van der Waals surface area contributed by atoms with Gasteiger partial charge in [-0.05, 0) is 34.4 Å². The highest BCUT2D eigenvalue weighted by molar-refractivity contribution is 6.32. The molecule has 1 atom stereocenters. The van der Waals surface area contributed by atoms with Crippen molar-refractivity contribution in [2.24, 2.45) is 0 Å². The summed E-state index contributed by atoms with van der Waals surface area (Å²) in [7, 11) is 1.57. The van der Waals surface area contributed by atoms with Gasteiger partial charge in [-0.3, -0.25) is 10.1 Å². The molecule has 8 heteroatoms. The summed E-state index contributed by atoms with van der Waals surface area (Å²) >= 11 is 6.42. The molecule has 186 valence electrons. The average molecular weight is 507 g/mol. The minimum Gasteiger partial charge on any atom is -0.490 e. The third-order valence-electron chi connectivity index (χ3n) is 5.49. The van der Waals surface area contributed by atoms with Gasteiger partial charge in [0, 0.05) is 19.2 Å². The molecule has 3 aromatic rings. The molecule has 0 heterocycles. The van der Waals surface area contributed by atoms with E-state index in [9.17, 15) is 20.3 Å². The van der Waals surface area contributed by atoms with E-state index in [1.807, 2.05) is 60.7 Å². The summed E-state index contributed by atoms with van der Waals surface area (Å²) in [5.41, 5.74) is 4.46. The number of aliphatic hydroxyl groups excluding tert-OH is 1. The Balaban J connectivity index is 1.99. The SMILES string of the molecule is COCCOc1cc(/C=C/c2cccc(-c3ccccc3)c2C#N)c(CNC(CO)C(=O)O)cc1Cl. The van der Waals surface area contributed by atoms with Gasteiger partial charge in [0.1, 0.15) is 24.5 Å². The summed E-state index contributed by atoms with van der Waals surface area (Å²) in [6.07, 6.45) is 3.66. The molecule has 0 aromatic heterocycles. The van der Waals surface area contributed by atoms with Gasteiger partial charge in [-0.2, -0.15) is 5.26 Å². The fourth-order valence-corrected chi connectivity index (χ4v) is 3.84. The van der Waals surface area contributed by atoms with Crippen LogP contribution >= 0.6 is 11.6 Å². The molecule has 3 rings (SSSR count). The molecule has 0 bridgehead atoms. The van der Waals surface area contributed by atoms with Gasteiger partial charge in [-0.15, -0.1) is 0 Å². The first-order chi connectivity index (χ1) is 17.5. The number of hydrogen-bond acceptors (Lipinski definition) is 6. The second-order valence-electron chi connectivity index (χ2n) is 7.86. The number of aliphatic carboxylic acids is 1. The van der Waals surface area contributed by atoms with E-state index in [4.69, 9.17) is 21.1 Å². The third-order valence-corrected chi connectivity index (χ3v) is 5.79. The number of nitrogens with zero attached hydrogens (tertiary/aromatic N) is 1. The lowest BCUT2D eigenvalue weighted by atomic mass is 9.95. The van der Waals surface area contributed by atoms with Crippen LogP contribution in [0.1, 0.15) is 22.3 Å². The molecule has 0 spiro atoms. The highest BCUT2D eigenvalue weighted by atomic mass is 35.5. The Kier molecular flexibility index (Phi) is 10.0. The van der Waals surface area contributed by atoms with E-state index in [1.54, 1.807) is 19.2 Å². The number of nitriles is 1. The van der Waals surface area contributed by atoms with Crippen LogP contribution in [0.3, 0.4) is 0 Å². The van der Waals surface area contributed by atoms with Crippen LogP contribution in [0.2, 0.25) is 5.02 Å². The molecule has 1 unspecified atom stereocenters. The van der Waals surface area contributed by atoms with Crippen LogP contribution in [0.25, 0.3) is 23.3 Å². The van der Waals surface area contributed by atoms with Gasteiger partial charge >= 0.3 is 5.97 Å². The zero-order chi connectivity index (χ0) is 25.9. The fraction of sp³-hybridized carbons (Fsp3) is 0.214. The highest BCUT2D eigenvalue weighted by Crippen LogP contribution is 2.31. The maximum atomic E-state index is 11.3. The number of carbonyl (C=O) groups is 1. The second-order valence-corrected chi connectivity index (χ2v) is 8.27.